The molecule has 0 amide bonds. The van der Waals surface area contributed by atoms with E-state index in [-0.39, 0.29) is 12.0 Å². The first-order valence-electron chi connectivity index (χ1n) is 6.22. The van der Waals surface area contributed by atoms with Crippen LogP contribution in [0.4, 0.5) is 0 Å². The molecular weight excluding hydrogens is 252 g/mol. The third-order valence-electron chi connectivity index (χ3n) is 3.10. The van der Waals surface area contributed by atoms with Gasteiger partial charge in [-0.25, -0.2) is 4.98 Å². The third kappa shape index (κ3) is 3.21. The van der Waals surface area contributed by atoms with Crippen LogP contribution >= 0.6 is 11.6 Å². The van der Waals surface area contributed by atoms with E-state index in [2.05, 4.69) is 9.88 Å². The van der Waals surface area contributed by atoms with Gasteiger partial charge >= 0.3 is 5.97 Å². The fraction of sp³-hybridized carbons (Fsp3) is 0.538. The molecule has 2 heterocycles. The lowest BCUT2D eigenvalue weighted by molar-refractivity contribution is -0.148. The lowest BCUT2D eigenvalue weighted by Gasteiger charge is -2.22. The molecule has 98 valence electrons. The molecule has 0 N–H and O–H groups in total. The minimum atomic E-state index is -0.116. The van der Waals surface area contributed by atoms with E-state index in [1.807, 2.05) is 19.1 Å². The summed E-state index contributed by atoms with van der Waals surface area (Å²) in [5.41, 5.74) is 1.08. The smallest absolute Gasteiger partial charge is 0.323 e. The van der Waals surface area contributed by atoms with Gasteiger partial charge in [0.25, 0.3) is 0 Å². The van der Waals surface area contributed by atoms with Crippen molar-refractivity contribution >= 4 is 17.6 Å². The molecule has 0 aliphatic carbocycles. The average Bonchev–Trinajstić information content (AvgIpc) is 2.77. The van der Waals surface area contributed by atoms with Crippen LogP contribution in [0.1, 0.15) is 25.3 Å². The Morgan fingerprint density at radius 2 is 2.50 bits per heavy atom. The van der Waals surface area contributed by atoms with Gasteiger partial charge in [0.2, 0.25) is 0 Å². The highest BCUT2D eigenvalue weighted by molar-refractivity contribution is 6.29. The molecule has 1 atom stereocenters. The van der Waals surface area contributed by atoms with Gasteiger partial charge in [0.15, 0.2) is 0 Å². The number of likely N-dealkylation sites (tertiary alicyclic amines) is 1. The Morgan fingerprint density at radius 1 is 1.67 bits per heavy atom. The van der Waals surface area contributed by atoms with Gasteiger partial charge in [0.1, 0.15) is 11.2 Å². The van der Waals surface area contributed by atoms with E-state index in [0.29, 0.717) is 18.3 Å². The molecule has 18 heavy (non-hydrogen) atoms. The standard InChI is InChI=1S/C13H17ClN2O2/c1-2-18-13(17)11-4-3-7-16(11)9-10-5-6-15-12(14)8-10/h5-6,8,11H,2-4,7,9H2,1H3. The number of esters is 1. The molecule has 1 aliphatic heterocycles. The second kappa shape index (κ2) is 6.16. The molecule has 0 aromatic carbocycles. The van der Waals surface area contributed by atoms with Gasteiger partial charge < -0.3 is 4.74 Å². The second-order valence-electron chi connectivity index (χ2n) is 4.37. The largest absolute Gasteiger partial charge is 0.465 e. The van der Waals surface area contributed by atoms with Crippen LogP contribution in [-0.4, -0.2) is 35.0 Å². The maximum absolute atomic E-state index is 11.8. The first-order chi connectivity index (χ1) is 8.70. The molecule has 2 rings (SSSR count). The second-order valence-corrected chi connectivity index (χ2v) is 4.75. The van der Waals surface area contributed by atoms with Crippen LogP contribution in [0.25, 0.3) is 0 Å². The lowest BCUT2D eigenvalue weighted by atomic mass is 10.2. The quantitative estimate of drug-likeness (QED) is 0.621. The number of halogens is 1. The van der Waals surface area contributed by atoms with E-state index in [4.69, 9.17) is 16.3 Å². The van der Waals surface area contributed by atoms with Gasteiger partial charge in [0.05, 0.1) is 6.61 Å². The Morgan fingerprint density at radius 3 is 3.22 bits per heavy atom. The van der Waals surface area contributed by atoms with E-state index < -0.39 is 0 Å². The van der Waals surface area contributed by atoms with Gasteiger partial charge in [-0.3, -0.25) is 9.69 Å². The van der Waals surface area contributed by atoms with Crippen molar-refractivity contribution < 1.29 is 9.53 Å². The zero-order valence-electron chi connectivity index (χ0n) is 10.4. The van der Waals surface area contributed by atoms with Gasteiger partial charge in [-0.15, -0.1) is 0 Å². The predicted octanol–water partition coefficient (Wildman–Crippen LogP) is 2.26. The Balaban J connectivity index is 2.01. The molecule has 4 nitrogen and oxygen atoms in total. The van der Waals surface area contributed by atoms with Crippen molar-refractivity contribution in [2.24, 2.45) is 0 Å². The van der Waals surface area contributed by atoms with E-state index in [0.717, 1.165) is 24.9 Å². The number of ether oxygens (including phenoxy) is 1. The van der Waals surface area contributed by atoms with E-state index in [9.17, 15) is 4.79 Å². The summed E-state index contributed by atoms with van der Waals surface area (Å²) < 4.78 is 5.10. The molecule has 1 aliphatic rings. The highest BCUT2D eigenvalue weighted by Gasteiger charge is 2.31. The van der Waals surface area contributed by atoms with Gasteiger partial charge in [-0.2, -0.15) is 0 Å². The van der Waals surface area contributed by atoms with E-state index >= 15 is 0 Å². The summed E-state index contributed by atoms with van der Waals surface area (Å²) in [6, 6.07) is 3.64. The minimum absolute atomic E-state index is 0.114. The number of aromatic nitrogens is 1. The van der Waals surface area contributed by atoms with Gasteiger partial charge in [-0.05, 0) is 44.0 Å². The molecule has 0 saturated carbocycles. The van der Waals surface area contributed by atoms with E-state index in [1.165, 1.54) is 0 Å². The van der Waals surface area contributed by atoms with Crippen molar-refractivity contribution in [3.63, 3.8) is 0 Å². The number of carbonyl (C=O) groups excluding carboxylic acids is 1. The van der Waals surface area contributed by atoms with Crippen molar-refractivity contribution in [1.29, 1.82) is 0 Å². The Bertz CT molecular complexity index is 425. The summed E-state index contributed by atoms with van der Waals surface area (Å²) in [4.78, 5) is 17.9. The number of hydrogen-bond acceptors (Lipinski definition) is 4. The third-order valence-corrected chi connectivity index (χ3v) is 3.31. The van der Waals surface area contributed by atoms with Crippen LogP contribution in [0.5, 0.6) is 0 Å². The Labute approximate surface area is 112 Å². The van der Waals surface area contributed by atoms with Crippen LogP contribution in [0, 0.1) is 0 Å². The van der Waals surface area contributed by atoms with Crippen LogP contribution in [-0.2, 0) is 16.1 Å². The highest BCUT2D eigenvalue weighted by Crippen LogP contribution is 2.21. The Kier molecular flexibility index (Phi) is 4.55. The molecule has 5 heteroatoms. The van der Waals surface area contributed by atoms with Crippen molar-refractivity contribution in [1.82, 2.24) is 9.88 Å². The molecule has 1 unspecified atom stereocenters. The molecule has 1 fully saturated rings. The topological polar surface area (TPSA) is 42.4 Å². The molecule has 1 saturated heterocycles. The van der Waals surface area contributed by atoms with Gasteiger partial charge in [0, 0.05) is 12.7 Å². The number of nitrogens with zero attached hydrogens (tertiary/aromatic N) is 2. The zero-order chi connectivity index (χ0) is 13.0. The minimum Gasteiger partial charge on any atom is -0.465 e. The van der Waals surface area contributed by atoms with Crippen LogP contribution in [0.3, 0.4) is 0 Å². The summed E-state index contributed by atoms with van der Waals surface area (Å²) >= 11 is 5.86. The molecule has 0 radical (unpaired) electrons. The number of pyridine rings is 1. The first-order valence-corrected chi connectivity index (χ1v) is 6.59. The molecular formula is C13H17ClN2O2. The summed E-state index contributed by atoms with van der Waals surface area (Å²) in [5.74, 6) is -0.116. The summed E-state index contributed by atoms with van der Waals surface area (Å²) in [5, 5.41) is 0.486. The van der Waals surface area contributed by atoms with Crippen molar-refractivity contribution in [3.8, 4) is 0 Å². The first kappa shape index (κ1) is 13.3. The lowest BCUT2D eigenvalue weighted by Crippen LogP contribution is -2.36. The normalized spacial score (nSPS) is 20.0. The van der Waals surface area contributed by atoms with Crippen LogP contribution in [0.2, 0.25) is 5.15 Å². The number of hydrogen-bond donors (Lipinski definition) is 0. The molecule has 1 aromatic rings. The zero-order valence-corrected chi connectivity index (χ0v) is 11.2. The summed E-state index contributed by atoms with van der Waals surface area (Å²) in [6.45, 7) is 3.90. The van der Waals surface area contributed by atoms with Crippen LogP contribution in [0.15, 0.2) is 18.3 Å². The average molecular weight is 269 g/mol. The van der Waals surface area contributed by atoms with Crippen molar-refractivity contribution in [2.75, 3.05) is 13.2 Å². The number of carbonyl (C=O) groups is 1. The Hall–Kier alpha value is -1.13. The van der Waals surface area contributed by atoms with Crippen molar-refractivity contribution in [3.05, 3.63) is 29.0 Å². The maximum atomic E-state index is 11.8. The van der Waals surface area contributed by atoms with E-state index in [1.54, 1.807) is 6.20 Å². The maximum Gasteiger partial charge on any atom is 0.323 e. The summed E-state index contributed by atoms with van der Waals surface area (Å²) in [7, 11) is 0. The molecule has 1 aromatic heterocycles. The van der Waals surface area contributed by atoms with Gasteiger partial charge in [-0.1, -0.05) is 11.6 Å². The summed E-state index contributed by atoms with van der Waals surface area (Å²) in [6.07, 6.45) is 3.59. The van der Waals surface area contributed by atoms with Crippen LogP contribution < -0.4 is 0 Å². The molecule has 0 bridgehead atoms. The predicted molar refractivity (Wildman–Crippen MR) is 69.3 cm³/mol. The fourth-order valence-electron chi connectivity index (χ4n) is 2.30. The molecule has 0 spiro atoms. The fourth-order valence-corrected chi connectivity index (χ4v) is 2.49. The van der Waals surface area contributed by atoms with Crippen molar-refractivity contribution in [2.45, 2.75) is 32.4 Å². The number of rotatable bonds is 4. The highest BCUT2D eigenvalue weighted by atomic mass is 35.5. The SMILES string of the molecule is CCOC(=O)C1CCCN1Cc1ccnc(Cl)c1. The monoisotopic (exact) mass is 268 g/mol.